The molecule has 1 saturated heterocycles. The Labute approximate surface area is 156 Å². The predicted molar refractivity (Wildman–Crippen MR) is 98.8 cm³/mol. The van der Waals surface area contributed by atoms with Crippen LogP contribution in [0.15, 0.2) is 6.20 Å². The molecule has 1 amide bonds. The van der Waals surface area contributed by atoms with Crippen LogP contribution >= 0.6 is 24.8 Å². The Morgan fingerprint density at radius 3 is 3.04 bits per heavy atom. The maximum Gasteiger partial charge on any atom is 0.228 e. The summed E-state index contributed by atoms with van der Waals surface area (Å²) >= 11 is 0. The van der Waals surface area contributed by atoms with E-state index in [0.717, 1.165) is 38.2 Å². The number of aryl methyl sites for hydroxylation is 2. The van der Waals surface area contributed by atoms with E-state index in [2.05, 4.69) is 26.4 Å². The number of fused-ring (bicyclic) bond motifs is 2. The molecule has 5 nitrogen and oxygen atoms in total. The van der Waals surface area contributed by atoms with Crippen molar-refractivity contribution >= 4 is 30.7 Å². The molecule has 2 fully saturated rings. The highest BCUT2D eigenvalue weighted by Crippen LogP contribution is 2.43. The summed E-state index contributed by atoms with van der Waals surface area (Å²) in [6.07, 6.45) is 10.4. The standard InChI is InChI=1S/C17H26N4O.2ClH/c22-16(17-7-3-1-5-13(17)9-18-12-17)19-10-14-11-21-8-4-2-6-15(21)20-14;;/h11,13,18H,1-10,12H2,(H,19,22);2*1H/t13-,17+;;/m0../s1. The Kier molecular flexibility index (Phi) is 6.57. The summed E-state index contributed by atoms with van der Waals surface area (Å²) in [5, 5.41) is 6.63. The lowest BCUT2D eigenvalue weighted by molar-refractivity contribution is -0.134. The van der Waals surface area contributed by atoms with Gasteiger partial charge in [0.25, 0.3) is 0 Å². The average Bonchev–Trinajstić information content (AvgIpc) is 3.16. The highest BCUT2D eigenvalue weighted by Gasteiger charge is 2.49. The average molecular weight is 375 g/mol. The van der Waals surface area contributed by atoms with E-state index in [9.17, 15) is 4.79 Å². The zero-order valence-corrected chi connectivity index (χ0v) is 15.7. The first-order valence-electron chi connectivity index (χ1n) is 8.82. The molecule has 2 N–H and O–H groups in total. The number of carbonyl (C=O) groups is 1. The quantitative estimate of drug-likeness (QED) is 0.853. The molecular weight excluding hydrogens is 347 g/mol. The fourth-order valence-corrected chi connectivity index (χ4v) is 4.59. The molecule has 1 aliphatic carbocycles. The molecule has 0 unspecified atom stereocenters. The topological polar surface area (TPSA) is 59.0 Å². The van der Waals surface area contributed by atoms with E-state index in [1.165, 1.54) is 37.9 Å². The monoisotopic (exact) mass is 374 g/mol. The Hall–Kier alpha value is -0.780. The van der Waals surface area contributed by atoms with Gasteiger partial charge < -0.3 is 15.2 Å². The zero-order chi connectivity index (χ0) is 15.0. The lowest BCUT2D eigenvalue weighted by atomic mass is 9.67. The number of halogens is 2. The van der Waals surface area contributed by atoms with Crippen molar-refractivity contribution in [2.24, 2.45) is 11.3 Å². The summed E-state index contributed by atoms with van der Waals surface area (Å²) in [5.41, 5.74) is 0.859. The van der Waals surface area contributed by atoms with Gasteiger partial charge in [0.1, 0.15) is 5.82 Å². The lowest BCUT2D eigenvalue weighted by Crippen LogP contribution is -2.47. The number of nitrogens with one attached hydrogen (secondary N) is 2. The van der Waals surface area contributed by atoms with Crippen LogP contribution in [0.25, 0.3) is 0 Å². The Morgan fingerprint density at radius 2 is 2.21 bits per heavy atom. The summed E-state index contributed by atoms with van der Waals surface area (Å²) in [6, 6.07) is 0. The third-order valence-corrected chi connectivity index (χ3v) is 5.88. The molecule has 0 spiro atoms. The van der Waals surface area contributed by atoms with Crippen molar-refractivity contribution in [2.75, 3.05) is 13.1 Å². The second kappa shape index (κ2) is 8.07. The first-order chi connectivity index (χ1) is 10.8. The van der Waals surface area contributed by atoms with Crippen LogP contribution in [0.3, 0.4) is 0 Å². The van der Waals surface area contributed by atoms with E-state index in [1.54, 1.807) is 0 Å². The van der Waals surface area contributed by atoms with Gasteiger partial charge in [-0.05, 0) is 38.1 Å². The van der Waals surface area contributed by atoms with Gasteiger partial charge in [-0.3, -0.25) is 4.79 Å². The Morgan fingerprint density at radius 1 is 1.33 bits per heavy atom. The van der Waals surface area contributed by atoms with Gasteiger partial charge in [0.15, 0.2) is 0 Å². The van der Waals surface area contributed by atoms with Gasteiger partial charge in [-0.1, -0.05) is 12.8 Å². The number of nitrogens with zero attached hydrogens (tertiary/aromatic N) is 2. The summed E-state index contributed by atoms with van der Waals surface area (Å²) in [6.45, 7) is 3.51. The van der Waals surface area contributed by atoms with Crippen LogP contribution < -0.4 is 10.6 Å². The van der Waals surface area contributed by atoms with Crippen LogP contribution in [-0.2, 0) is 24.3 Å². The fourth-order valence-electron chi connectivity index (χ4n) is 4.59. The summed E-state index contributed by atoms with van der Waals surface area (Å²) < 4.78 is 2.25. The van der Waals surface area contributed by atoms with E-state index in [-0.39, 0.29) is 36.1 Å². The van der Waals surface area contributed by atoms with Crippen molar-refractivity contribution in [1.82, 2.24) is 20.2 Å². The lowest BCUT2D eigenvalue weighted by Gasteiger charge is -2.37. The van der Waals surface area contributed by atoms with Crippen LogP contribution in [-0.4, -0.2) is 28.5 Å². The van der Waals surface area contributed by atoms with Crippen molar-refractivity contribution in [1.29, 1.82) is 0 Å². The third kappa shape index (κ3) is 3.44. The fraction of sp³-hybridized carbons (Fsp3) is 0.765. The first kappa shape index (κ1) is 19.5. The van der Waals surface area contributed by atoms with Gasteiger partial charge >= 0.3 is 0 Å². The van der Waals surface area contributed by atoms with Crippen molar-refractivity contribution in [2.45, 2.75) is 58.0 Å². The molecule has 2 atom stereocenters. The van der Waals surface area contributed by atoms with Gasteiger partial charge in [-0.25, -0.2) is 4.98 Å². The first-order valence-corrected chi connectivity index (χ1v) is 8.82. The minimum Gasteiger partial charge on any atom is -0.350 e. The summed E-state index contributed by atoms with van der Waals surface area (Å²) in [5.74, 6) is 1.95. The van der Waals surface area contributed by atoms with E-state index in [4.69, 9.17) is 0 Å². The number of imidazole rings is 1. The SMILES string of the molecule is Cl.Cl.O=C(NCc1cn2c(n1)CCCC2)[C@@]12CCCC[C@H]1CNC2. The van der Waals surface area contributed by atoms with Gasteiger partial charge in [-0.2, -0.15) is 0 Å². The number of amides is 1. The van der Waals surface area contributed by atoms with Crippen LogP contribution in [0, 0.1) is 11.3 Å². The van der Waals surface area contributed by atoms with E-state index in [0.29, 0.717) is 12.5 Å². The molecule has 1 aromatic heterocycles. The van der Waals surface area contributed by atoms with Crippen molar-refractivity contribution in [3.8, 4) is 0 Å². The van der Waals surface area contributed by atoms with Crippen LogP contribution in [0.5, 0.6) is 0 Å². The second-order valence-corrected chi connectivity index (χ2v) is 7.21. The molecule has 0 radical (unpaired) electrons. The summed E-state index contributed by atoms with van der Waals surface area (Å²) in [4.78, 5) is 17.5. The highest BCUT2D eigenvalue weighted by atomic mass is 35.5. The molecule has 4 rings (SSSR count). The van der Waals surface area contributed by atoms with Gasteiger partial charge in [0.2, 0.25) is 5.91 Å². The molecule has 3 aliphatic rings. The zero-order valence-electron chi connectivity index (χ0n) is 14.1. The normalized spacial score (nSPS) is 28.1. The van der Waals surface area contributed by atoms with Crippen molar-refractivity contribution < 1.29 is 4.79 Å². The van der Waals surface area contributed by atoms with E-state index >= 15 is 0 Å². The minimum absolute atomic E-state index is 0. The molecular formula is C17H28Cl2N4O. The maximum absolute atomic E-state index is 12.8. The molecule has 7 heteroatoms. The molecule has 136 valence electrons. The molecule has 1 aromatic rings. The predicted octanol–water partition coefficient (Wildman–Crippen LogP) is 2.46. The summed E-state index contributed by atoms with van der Waals surface area (Å²) in [7, 11) is 0. The van der Waals surface area contributed by atoms with Crippen LogP contribution in [0.2, 0.25) is 0 Å². The third-order valence-electron chi connectivity index (χ3n) is 5.88. The number of hydrogen-bond acceptors (Lipinski definition) is 3. The Balaban J connectivity index is 0.00000104. The number of hydrogen-bond donors (Lipinski definition) is 2. The molecule has 2 aliphatic heterocycles. The van der Waals surface area contributed by atoms with Gasteiger partial charge in [0.05, 0.1) is 17.7 Å². The van der Waals surface area contributed by atoms with Gasteiger partial charge in [-0.15, -0.1) is 24.8 Å². The molecule has 3 heterocycles. The highest BCUT2D eigenvalue weighted by molar-refractivity contribution is 5.85. The van der Waals surface area contributed by atoms with E-state index < -0.39 is 0 Å². The number of aromatic nitrogens is 2. The van der Waals surface area contributed by atoms with Gasteiger partial charge in [0, 0.05) is 25.7 Å². The Bertz CT molecular complexity index is 553. The molecule has 1 saturated carbocycles. The van der Waals surface area contributed by atoms with Crippen LogP contribution in [0.4, 0.5) is 0 Å². The van der Waals surface area contributed by atoms with Crippen molar-refractivity contribution in [3.63, 3.8) is 0 Å². The second-order valence-electron chi connectivity index (χ2n) is 7.21. The largest absolute Gasteiger partial charge is 0.350 e. The van der Waals surface area contributed by atoms with E-state index in [1.807, 2.05) is 0 Å². The molecule has 0 aromatic carbocycles. The molecule has 0 bridgehead atoms. The minimum atomic E-state index is -0.155. The van der Waals surface area contributed by atoms with Crippen molar-refractivity contribution in [3.05, 3.63) is 17.7 Å². The smallest absolute Gasteiger partial charge is 0.228 e. The maximum atomic E-state index is 12.8. The van der Waals surface area contributed by atoms with Crippen LogP contribution in [0.1, 0.15) is 50.0 Å². The number of rotatable bonds is 3. The number of carbonyl (C=O) groups excluding carboxylic acids is 1. The molecule has 24 heavy (non-hydrogen) atoms.